The Morgan fingerprint density at radius 3 is 2.33 bits per heavy atom. The van der Waals surface area contributed by atoms with E-state index in [-0.39, 0.29) is 11.9 Å². The lowest BCUT2D eigenvalue weighted by atomic mass is 10.1. The zero-order valence-corrected chi connectivity index (χ0v) is 12.7. The molecule has 0 radical (unpaired) electrons. The molecule has 0 saturated carbocycles. The van der Waals surface area contributed by atoms with Crippen molar-refractivity contribution < 1.29 is 17.9 Å². The van der Waals surface area contributed by atoms with E-state index in [1.165, 1.54) is 24.3 Å². The Hall–Kier alpha value is -2.74. The van der Waals surface area contributed by atoms with Crippen molar-refractivity contribution in [3.05, 3.63) is 54.1 Å². The zero-order valence-electron chi connectivity index (χ0n) is 12.7. The van der Waals surface area contributed by atoms with Gasteiger partial charge in [0.2, 0.25) is 0 Å². The number of nitrogens with zero attached hydrogens (tertiary/aromatic N) is 2. The molecule has 1 atom stereocenters. The molecular weight excluding hydrogens is 321 g/mol. The smallest absolute Gasteiger partial charge is 0.406 e. The maximum atomic E-state index is 12.2. The van der Waals surface area contributed by atoms with Crippen LogP contribution in [-0.4, -0.2) is 19.7 Å². The van der Waals surface area contributed by atoms with E-state index in [9.17, 15) is 13.2 Å². The van der Waals surface area contributed by atoms with E-state index in [2.05, 4.69) is 20.5 Å². The number of halogens is 3. The Bertz CT molecular complexity index is 714. The number of aliphatic imine (C=N–C) groups is 1. The Morgan fingerprint density at radius 1 is 1.08 bits per heavy atom. The summed E-state index contributed by atoms with van der Waals surface area (Å²) in [6.07, 6.45) is -3.35. The summed E-state index contributed by atoms with van der Waals surface area (Å²) in [6, 6.07) is 13.3. The van der Waals surface area contributed by atoms with Gasteiger partial charge in [0.15, 0.2) is 0 Å². The molecule has 3 rings (SSSR count). The molecule has 5 nitrogen and oxygen atoms in total. The fourth-order valence-corrected chi connectivity index (χ4v) is 2.27. The number of ether oxygens (including phenoxy) is 1. The first-order valence-electron chi connectivity index (χ1n) is 7.17. The third-order valence-corrected chi connectivity index (χ3v) is 3.46. The highest BCUT2D eigenvalue weighted by molar-refractivity contribution is 5.80. The monoisotopic (exact) mass is 336 g/mol. The molecule has 0 aromatic heterocycles. The number of alkyl halides is 3. The fourth-order valence-electron chi connectivity index (χ4n) is 2.27. The Kier molecular flexibility index (Phi) is 4.30. The highest BCUT2D eigenvalue weighted by atomic mass is 19.4. The van der Waals surface area contributed by atoms with Gasteiger partial charge in [-0.1, -0.05) is 12.1 Å². The molecule has 1 unspecified atom stereocenters. The highest BCUT2D eigenvalue weighted by Gasteiger charge is 2.31. The Balaban J connectivity index is 1.66. The van der Waals surface area contributed by atoms with Gasteiger partial charge in [0, 0.05) is 12.7 Å². The van der Waals surface area contributed by atoms with Gasteiger partial charge in [-0.05, 0) is 42.0 Å². The van der Waals surface area contributed by atoms with E-state index < -0.39 is 6.36 Å². The largest absolute Gasteiger partial charge is 0.573 e. The van der Waals surface area contributed by atoms with Gasteiger partial charge in [-0.15, -0.1) is 13.2 Å². The average Bonchev–Trinajstić information content (AvgIpc) is 3.04. The second kappa shape index (κ2) is 6.40. The summed E-state index contributed by atoms with van der Waals surface area (Å²) in [5, 5.41) is 4.69. The molecule has 2 aromatic carbocycles. The molecule has 0 aliphatic carbocycles. The summed E-state index contributed by atoms with van der Waals surface area (Å²) in [6.45, 7) is 0. The SMILES string of the molecule is CNc1ccc(C2N=CN(c3ccc(OC(F)(F)F)cc3)N2)cc1. The molecule has 1 heterocycles. The lowest BCUT2D eigenvalue weighted by Gasteiger charge is -2.18. The predicted molar refractivity (Wildman–Crippen MR) is 86.0 cm³/mol. The molecule has 0 bridgehead atoms. The van der Waals surface area contributed by atoms with Crippen molar-refractivity contribution in [3.63, 3.8) is 0 Å². The molecule has 0 fully saturated rings. The van der Waals surface area contributed by atoms with Crippen LogP contribution in [0.25, 0.3) is 0 Å². The molecule has 8 heteroatoms. The van der Waals surface area contributed by atoms with E-state index >= 15 is 0 Å². The third-order valence-electron chi connectivity index (χ3n) is 3.46. The minimum Gasteiger partial charge on any atom is -0.406 e. The predicted octanol–water partition coefficient (Wildman–Crippen LogP) is 3.68. The second-order valence-corrected chi connectivity index (χ2v) is 5.08. The minimum absolute atomic E-state index is 0.248. The highest BCUT2D eigenvalue weighted by Crippen LogP contribution is 2.27. The lowest BCUT2D eigenvalue weighted by molar-refractivity contribution is -0.274. The van der Waals surface area contributed by atoms with Crippen LogP contribution in [0.1, 0.15) is 11.7 Å². The van der Waals surface area contributed by atoms with Crippen molar-refractivity contribution in [2.75, 3.05) is 17.4 Å². The van der Waals surface area contributed by atoms with Gasteiger partial charge in [-0.25, -0.2) is 4.99 Å². The average molecular weight is 336 g/mol. The van der Waals surface area contributed by atoms with Gasteiger partial charge >= 0.3 is 6.36 Å². The third kappa shape index (κ3) is 3.77. The quantitative estimate of drug-likeness (QED) is 0.894. The second-order valence-electron chi connectivity index (χ2n) is 5.08. The van der Waals surface area contributed by atoms with Crippen molar-refractivity contribution >= 4 is 17.7 Å². The molecule has 24 heavy (non-hydrogen) atoms. The van der Waals surface area contributed by atoms with Gasteiger partial charge in [-0.3, -0.25) is 5.01 Å². The number of hydrogen-bond donors (Lipinski definition) is 2. The molecule has 0 amide bonds. The summed E-state index contributed by atoms with van der Waals surface area (Å²) in [5.74, 6) is -0.262. The summed E-state index contributed by atoms with van der Waals surface area (Å²) in [5.41, 5.74) is 5.79. The van der Waals surface area contributed by atoms with Crippen LogP contribution in [0, 0.1) is 0 Å². The normalized spacial score (nSPS) is 17.2. The first-order chi connectivity index (χ1) is 11.4. The van der Waals surface area contributed by atoms with Crippen molar-refractivity contribution in [3.8, 4) is 5.75 Å². The number of benzene rings is 2. The van der Waals surface area contributed by atoms with E-state index in [1.807, 2.05) is 31.3 Å². The van der Waals surface area contributed by atoms with Crippen molar-refractivity contribution in [1.29, 1.82) is 0 Å². The molecule has 0 saturated heterocycles. The van der Waals surface area contributed by atoms with Crippen molar-refractivity contribution in [2.24, 2.45) is 4.99 Å². The maximum Gasteiger partial charge on any atom is 0.573 e. The van der Waals surface area contributed by atoms with E-state index in [0.29, 0.717) is 5.69 Å². The number of rotatable bonds is 4. The van der Waals surface area contributed by atoms with E-state index in [4.69, 9.17) is 0 Å². The number of hydrogen-bond acceptors (Lipinski definition) is 5. The standard InChI is InChI=1S/C16H15F3N4O/c1-20-12-4-2-11(3-5-12)15-21-10-23(22-15)13-6-8-14(9-7-13)24-16(17,18)19/h2-10,15,20,22H,1H3. The van der Waals surface area contributed by atoms with Crippen molar-refractivity contribution in [2.45, 2.75) is 12.5 Å². The minimum atomic E-state index is -4.69. The van der Waals surface area contributed by atoms with Crippen LogP contribution in [0.15, 0.2) is 53.5 Å². The van der Waals surface area contributed by atoms with Crippen LogP contribution in [0.5, 0.6) is 5.75 Å². The molecule has 126 valence electrons. The summed E-state index contributed by atoms with van der Waals surface area (Å²) in [7, 11) is 1.84. The van der Waals surface area contributed by atoms with Crippen LogP contribution >= 0.6 is 0 Å². The number of anilines is 2. The molecule has 1 aliphatic rings. The maximum absolute atomic E-state index is 12.2. The van der Waals surface area contributed by atoms with Gasteiger partial charge in [0.25, 0.3) is 0 Å². The van der Waals surface area contributed by atoms with Crippen LogP contribution < -0.4 is 20.5 Å². The van der Waals surface area contributed by atoms with Crippen LogP contribution in [0.4, 0.5) is 24.5 Å². The van der Waals surface area contributed by atoms with Crippen molar-refractivity contribution in [1.82, 2.24) is 5.43 Å². The Morgan fingerprint density at radius 2 is 1.75 bits per heavy atom. The van der Waals surface area contributed by atoms with Gasteiger partial charge in [0.1, 0.15) is 18.3 Å². The van der Waals surface area contributed by atoms with E-state index in [0.717, 1.165) is 11.3 Å². The van der Waals surface area contributed by atoms with Gasteiger partial charge in [-0.2, -0.15) is 5.43 Å². The first-order valence-corrected chi connectivity index (χ1v) is 7.17. The summed E-state index contributed by atoms with van der Waals surface area (Å²) < 4.78 is 40.3. The molecule has 2 aromatic rings. The lowest BCUT2D eigenvalue weighted by Crippen LogP contribution is -2.33. The van der Waals surface area contributed by atoms with Crippen LogP contribution in [0.3, 0.4) is 0 Å². The number of hydrazine groups is 1. The zero-order chi connectivity index (χ0) is 17.2. The van der Waals surface area contributed by atoms with E-state index in [1.54, 1.807) is 11.3 Å². The Labute approximate surface area is 136 Å². The molecule has 2 N–H and O–H groups in total. The fraction of sp³-hybridized carbons (Fsp3) is 0.188. The number of nitrogens with one attached hydrogen (secondary N) is 2. The first kappa shape index (κ1) is 16.1. The summed E-state index contributed by atoms with van der Waals surface area (Å²) in [4.78, 5) is 4.36. The van der Waals surface area contributed by atoms with Gasteiger partial charge < -0.3 is 10.1 Å². The molecular formula is C16H15F3N4O. The summed E-state index contributed by atoms with van der Waals surface area (Å²) >= 11 is 0. The van der Waals surface area contributed by atoms with Crippen LogP contribution in [0.2, 0.25) is 0 Å². The topological polar surface area (TPSA) is 48.9 Å². The molecule has 0 spiro atoms. The molecule has 1 aliphatic heterocycles. The van der Waals surface area contributed by atoms with Gasteiger partial charge in [0.05, 0.1) is 5.69 Å². The van der Waals surface area contributed by atoms with Crippen LogP contribution in [-0.2, 0) is 0 Å².